The van der Waals surface area contributed by atoms with Gasteiger partial charge in [-0.3, -0.25) is 0 Å². The van der Waals surface area contributed by atoms with Crippen molar-refractivity contribution in [1.82, 2.24) is 0 Å². The third kappa shape index (κ3) is 2.39. The van der Waals surface area contributed by atoms with Crippen LogP contribution in [0.15, 0.2) is 36.2 Å². The van der Waals surface area contributed by atoms with Crippen LogP contribution in [0.1, 0.15) is 18.4 Å². The summed E-state index contributed by atoms with van der Waals surface area (Å²) in [6, 6.07) is 6.11. The molecule has 14 heavy (non-hydrogen) atoms. The Morgan fingerprint density at radius 1 is 1.57 bits per heavy atom. The van der Waals surface area contributed by atoms with E-state index >= 15 is 0 Å². The fraction of sp³-hybridized carbons (Fsp3) is 0.273. The number of rotatable bonds is 3. The molecular formula is C11H13F2N. The molecular weight excluding hydrogens is 184 g/mol. The molecule has 0 spiro atoms. The normalized spacial score (nSPS) is 14.1. The number of hydrogen-bond acceptors (Lipinski definition) is 1. The molecule has 0 aliphatic carbocycles. The van der Waals surface area contributed by atoms with Crippen LogP contribution in [-0.4, -0.2) is 6.54 Å². The maximum absolute atomic E-state index is 12.9. The second-order valence-corrected chi connectivity index (χ2v) is 3.16. The fourth-order valence-corrected chi connectivity index (χ4v) is 1.31. The van der Waals surface area contributed by atoms with Gasteiger partial charge in [-0.1, -0.05) is 19.1 Å². The van der Waals surface area contributed by atoms with Crippen molar-refractivity contribution in [2.45, 2.75) is 12.8 Å². The van der Waals surface area contributed by atoms with Crippen LogP contribution in [0.4, 0.5) is 8.78 Å². The maximum Gasteiger partial charge on any atom is 0.123 e. The van der Waals surface area contributed by atoms with Gasteiger partial charge in [-0.2, -0.15) is 0 Å². The summed E-state index contributed by atoms with van der Waals surface area (Å²) < 4.78 is 25.2. The molecule has 0 aliphatic heterocycles. The Balaban J connectivity index is 2.94. The third-order valence-electron chi connectivity index (χ3n) is 2.28. The smallest absolute Gasteiger partial charge is 0.123 e. The molecule has 1 aromatic carbocycles. The van der Waals surface area contributed by atoms with Crippen LogP contribution in [0, 0.1) is 5.82 Å². The average molecular weight is 197 g/mol. The molecule has 76 valence electrons. The van der Waals surface area contributed by atoms with Gasteiger partial charge >= 0.3 is 0 Å². The SMILES string of the molecule is CC(/C(=C\F)CN)c1cccc(F)c1. The second-order valence-electron chi connectivity index (χ2n) is 3.16. The topological polar surface area (TPSA) is 26.0 Å². The minimum atomic E-state index is -0.315. The minimum absolute atomic E-state index is 0.147. The first-order valence-corrected chi connectivity index (χ1v) is 4.43. The van der Waals surface area contributed by atoms with E-state index in [1.165, 1.54) is 12.1 Å². The first-order valence-electron chi connectivity index (χ1n) is 4.43. The van der Waals surface area contributed by atoms with Crippen LogP contribution in [0.5, 0.6) is 0 Å². The molecule has 1 aromatic rings. The van der Waals surface area contributed by atoms with E-state index in [9.17, 15) is 8.78 Å². The van der Waals surface area contributed by atoms with Crippen molar-refractivity contribution in [2.75, 3.05) is 6.54 Å². The van der Waals surface area contributed by atoms with Gasteiger partial charge in [0.1, 0.15) is 5.82 Å². The van der Waals surface area contributed by atoms with E-state index in [-0.39, 0.29) is 18.3 Å². The lowest BCUT2D eigenvalue weighted by Gasteiger charge is -2.13. The summed E-state index contributed by atoms with van der Waals surface area (Å²) >= 11 is 0. The molecule has 0 bridgehead atoms. The highest BCUT2D eigenvalue weighted by molar-refractivity contribution is 5.28. The number of halogens is 2. The number of hydrogen-bond donors (Lipinski definition) is 1. The standard InChI is InChI=1S/C11H13F2N/c1-8(10(6-12)7-14)9-3-2-4-11(13)5-9/h2-6,8H,7,14H2,1H3/b10-6-. The molecule has 0 aliphatic rings. The molecule has 0 heterocycles. The third-order valence-corrected chi connectivity index (χ3v) is 2.28. The molecule has 1 atom stereocenters. The van der Waals surface area contributed by atoms with Crippen molar-refractivity contribution in [3.63, 3.8) is 0 Å². The van der Waals surface area contributed by atoms with E-state index in [2.05, 4.69) is 0 Å². The first-order chi connectivity index (χ1) is 6.69. The maximum atomic E-state index is 12.9. The van der Waals surface area contributed by atoms with Crippen LogP contribution in [0.3, 0.4) is 0 Å². The van der Waals surface area contributed by atoms with Crippen LogP contribution in [0.25, 0.3) is 0 Å². The van der Waals surface area contributed by atoms with Gasteiger partial charge in [0.25, 0.3) is 0 Å². The highest BCUT2D eigenvalue weighted by Gasteiger charge is 2.10. The quantitative estimate of drug-likeness (QED) is 0.792. The van der Waals surface area contributed by atoms with Crippen molar-refractivity contribution < 1.29 is 8.78 Å². The van der Waals surface area contributed by atoms with Crippen LogP contribution in [0.2, 0.25) is 0 Å². The molecule has 3 heteroatoms. The van der Waals surface area contributed by atoms with Crippen LogP contribution >= 0.6 is 0 Å². The van der Waals surface area contributed by atoms with E-state index in [1.807, 2.05) is 0 Å². The van der Waals surface area contributed by atoms with Gasteiger partial charge in [-0.25, -0.2) is 8.78 Å². The van der Waals surface area contributed by atoms with Gasteiger partial charge in [-0.05, 0) is 23.3 Å². The van der Waals surface area contributed by atoms with Gasteiger partial charge in [0.05, 0.1) is 6.33 Å². The lowest BCUT2D eigenvalue weighted by atomic mass is 9.94. The largest absolute Gasteiger partial charge is 0.327 e. The van der Waals surface area contributed by atoms with Crippen molar-refractivity contribution in [1.29, 1.82) is 0 Å². The highest BCUT2D eigenvalue weighted by Crippen LogP contribution is 2.23. The Hall–Kier alpha value is -1.22. The second kappa shape index (κ2) is 4.86. The molecule has 0 saturated heterocycles. The summed E-state index contributed by atoms with van der Waals surface area (Å²) in [4.78, 5) is 0. The van der Waals surface area contributed by atoms with Crippen LogP contribution < -0.4 is 5.73 Å². The fourth-order valence-electron chi connectivity index (χ4n) is 1.31. The van der Waals surface area contributed by atoms with E-state index in [1.54, 1.807) is 19.1 Å². The van der Waals surface area contributed by atoms with Crippen molar-refractivity contribution in [3.05, 3.63) is 47.5 Å². The van der Waals surface area contributed by atoms with Gasteiger partial charge in [0, 0.05) is 12.5 Å². The van der Waals surface area contributed by atoms with E-state index in [0.29, 0.717) is 11.9 Å². The van der Waals surface area contributed by atoms with Crippen molar-refractivity contribution in [2.24, 2.45) is 5.73 Å². The Labute approximate surface area is 82.2 Å². The zero-order chi connectivity index (χ0) is 10.6. The predicted octanol–water partition coefficient (Wildman–Crippen LogP) is 2.74. The Bertz CT molecular complexity index is 334. The Morgan fingerprint density at radius 2 is 2.29 bits per heavy atom. The lowest BCUT2D eigenvalue weighted by molar-refractivity contribution is 0.622. The lowest BCUT2D eigenvalue weighted by Crippen LogP contribution is -2.09. The molecule has 1 nitrogen and oxygen atoms in total. The average Bonchev–Trinajstić information content (AvgIpc) is 2.19. The van der Waals surface area contributed by atoms with E-state index in [0.717, 1.165) is 5.56 Å². The van der Waals surface area contributed by atoms with E-state index in [4.69, 9.17) is 5.73 Å². The Kier molecular flexibility index (Phi) is 3.77. The first kappa shape index (κ1) is 10.9. The summed E-state index contributed by atoms with van der Waals surface area (Å²) in [7, 11) is 0. The van der Waals surface area contributed by atoms with Crippen LogP contribution in [-0.2, 0) is 0 Å². The molecule has 1 unspecified atom stereocenters. The molecule has 2 N–H and O–H groups in total. The van der Waals surface area contributed by atoms with Crippen molar-refractivity contribution >= 4 is 0 Å². The number of nitrogens with two attached hydrogens (primary N) is 1. The minimum Gasteiger partial charge on any atom is -0.327 e. The van der Waals surface area contributed by atoms with Crippen molar-refractivity contribution in [3.8, 4) is 0 Å². The van der Waals surface area contributed by atoms with Gasteiger partial charge in [0.2, 0.25) is 0 Å². The molecule has 0 amide bonds. The molecule has 0 aromatic heterocycles. The zero-order valence-electron chi connectivity index (χ0n) is 8.00. The summed E-state index contributed by atoms with van der Waals surface area (Å²) in [5, 5.41) is 0. The van der Waals surface area contributed by atoms with Gasteiger partial charge < -0.3 is 5.73 Å². The predicted molar refractivity (Wildman–Crippen MR) is 53.1 cm³/mol. The summed E-state index contributed by atoms with van der Waals surface area (Å²) in [6.45, 7) is 1.95. The summed E-state index contributed by atoms with van der Waals surface area (Å²) in [6.07, 6.45) is 0.496. The number of benzene rings is 1. The van der Waals surface area contributed by atoms with Gasteiger partial charge in [0.15, 0.2) is 0 Å². The van der Waals surface area contributed by atoms with Gasteiger partial charge in [-0.15, -0.1) is 0 Å². The van der Waals surface area contributed by atoms with E-state index < -0.39 is 0 Å². The monoisotopic (exact) mass is 197 g/mol. The summed E-state index contributed by atoms with van der Waals surface area (Å²) in [5.74, 6) is -0.495. The Morgan fingerprint density at radius 3 is 2.79 bits per heavy atom. The summed E-state index contributed by atoms with van der Waals surface area (Å²) in [5.41, 5.74) is 6.56. The zero-order valence-corrected chi connectivity index (χ0v) is 8.00. The molecule has 0 saturated carbocycles. The molecule has 0 radical (unpaired) electrons. The molecule has 1 rings (SSSR count). The molecule has 0 fully saturated rings. The highest BCUT2D eigenvalue weighted by atomic mass is 19.1.